The highest BCUT2D eigenvalue weighted by atomic mass is 32.2. The highest BCUT2D eigenvalue weighted by molar-refractivity contribution is 8.00. The van der Waals surface area contributed by atoms with Gasteiger partial charge in [0.05, 0.1) is 6.42 Å². The zero-order valence-corrected chi connectivity index (χ0v) is 15.2. The number of amides is 1. The number of thioether (sulfide) groups is 2. The van der Waals surface area contributed by atoms with Crippen molar-refractivity contribution in [2.24, 2.45) is 0 Å². The topological polar surface area (TPSA) is 29.1 Å². The summed E-state index contributed by atoms with van der Waals surface area (Å²) >= 11 is -0.452. The number of carbonyl (C=O) groups excluding carboxylic acids is 1. The van der Waals surface area contributed by atoms with Crippen molar-refractivity contribution in [2.45, 2.75) is 33.8 Å². The Bertz CT molecular complexity index is 757. The molecular weight excluding hydrogens is 412 g/mol. The van der Waals surface area contributed by atoms with Crippen molar-refractivity contribution < 1.29 is 31.1 Å². The largest absolute Gasteiger partial charge is 0.446 e. The van der Waals surface area contributed by atoms with Crippen molar-refractivity contribution in [3.63, 3.8) is 0 Å². The van der Waals surface area contributed by atoms with E-state index in [1.54, 1.807) is 0 Å². The van der Waals surface area contributed by atoms with E-state index in [1.807, 2.05) is 0 Å². The van der Waals surface area contributed by atoms with E-state index in [2.05, 4.69) is 5.32 Å². The van der Waals surface area contributed by atoms with Crippen molar-refractivity contribution in [1.29, 1.82) is 0 Å². The Labute approximate surface area is 159 Å². The molecule has 2 nitrogen and oxygen atoms in total. The van der Waals surface area contributed by atoms with Gasteiger partial charge in [0.2, 0.25) is 5.91 Å². The number of benzene rings is 2. The van der Waals surface area contributed by atoms with Crippen LogP contribution >= 0.6 is 23.5 Å². The van der Waals surface area contributed by atoms with Crippen LogP contribution in [0.25, 0.3) is 0 Å². The van der Waals surface area contributed by atoms with Gasteiger partial charge < -0.3 is 5.32 Å². The van der Waals surface area contributed by atoms with E-state index >= 15 is 0 Å². The maximum atomic E-state index is 12.3. The number of hydrogen-bond acceptors (Lipinski definition) is 3. The van der Waals surface area contributed by atoms with Gasteiger partial charge in [-0.15, -0.1) is 0 Å². The summed E-state index contributed by atoms with van der Waals surface area (Å²) in [7, 11) is 0. The SMILES string of the molecule is O=C(Cc1ccc(SC(F)(F)F)cc1)NCc1ccc(SC(F)(F)F)cc1. The third-order valence-electron chi connectivity index (χ3n) is 3.17. The Morgan fingerprint density at radius 3 is 1.56 bits per heavy atom. The van der Waals surface area contributed by atoms with Gasteiger partial charge in [0.25, 0.3) is 0 Å². The van der Waals surface area contributed by atoms with Gasteiger partial charge in [-0.3, -0.25) is 4.79 Å². The molecule has 2 aromatic rings. The molecule has 1 N–H and O–H groups in total. The van der Waals surface area contributed by atoms with E-state index in [-0.39, 0.29) is 52.2 Å². The van der Waals surface area contributed by atoms with Crippen LogP contribution in [0.3, 0.4) is 0 Å². The van der Waals surface area contributed by atoms with E-state index in [1.165, 1.54) is 48.5 Å². The molecule has 0 aliphatic heterocycles. The summed E-state index contributed by atoms with van der Waals surface area (Å²) in [5.74, 6) is -0.347. The predicted octanol–water partition coefficient (Wildman–Crippen LogP) is 5.77. The molecule has 1 amide bonds. The molecule has 0 saturated heterocycles. The molecule has 0 bridgehead atoms. The Morgan fingerprint density at radius 2 is 1.15 bits per heavy atom. The third kappa shape index (κ3) is 8.61. The first kappa shape index (κ1) is 21.5. The van der Waals surface area contributed by atoms with Crippen LogP contribution < -0.4 is 5.32 Å². The number of hydrogen-bond donors (Lipinski definition) is 1. The molecule has 0 aliphatic carbocycles. The molecule has 0 heterocycles. The Hall–Kier alpha value is -1.81. The minimum absolute atomic E-state index is 0.0149. The number of carbonyl (C=O) groups is 1. The van der Waals surface area contributed by atoms with Gasteiger partial charge in [0, 0.05) is 16.3 Å². The molecule has 0 spiro atoms. The Morgan fingerprint density at radius 1 is 0.741 bits per heavy atom. The van der Waals surface area contributed by atoms with E-state index < -0.39 is 11.0 Å². The van der Waals surface area contributed by atoms with Gasteiger partial charge >= 0.3 is 11.0 Å². The number of halogens is 6. The molecule has 0 saturated carbocycles. The molecule has 0 radical (unpaired) electrons. The molecule has 0 unspecified atom stereocenters. The predicted molar refractivity (Wildman–Crippen MR) is 92.3 cm³/mol. The quantitative estimate of drug-likeness (QED) is 0.471. The van der Waals surface area contributed by atoms with Crippen molar-refractivity contribution in [2.75, 3.05) is 0 Å². The normalized spacial score (nSPS) is 12.1. The molecular formula is C17H13F6NOS2. The van der Waals surface area contributed by atoms with Crippen LogP contribution in [0.5, 0.6) is 0 Å². The van der Waals surface area contributed by atoms with Crippen LogP contribution in [-0.2, 0) is 17.8 Å². The fraction of sp³-hybridized carbons (Fsp3) is 0.235. The van der Waals surface area contributed by atoms with Gasteiger partial charge in [-0.05, 0) is 58.9 Å². The second kappa shape index (κ2) is 8.92. The summed E-state index contributed by atoms with van der Waals surface area (Å²) in [6.45, 7) is 0.137. The van der Waals surface area contributed by atoms with Gasteiger partial charge in [-0.25, -0.2) is 0 Å². The molecule has 0 aromatic heterocycles. The van der Waals surface area contributed by atoms with E-state index in [9.17, 15) is 31.1 Å². The molecule has 2 rings (SSSR count). The fourth-order valence-electron chi connectivity index (χ4n) is 2.07. The number of nitrogens with one attached hydrogen (secondary N) is 1. The van der Waals surface area contributed by atoms with Crippen LogP contribution in [0.15, 0.2) is 58.3 Å². The summed E-state index contributed by atoms with van der Waals surface area (Å²) in [4.78, 5) is 12.0. The monoisotopic (exact) mass is 425 g/mol. The molecule has 146 valence electrons. The molecule has 0 fully saturated rings. The number of alkyl halides is 6. The summed E-state index contributed by atoms with van der Waals surface area (Å²) in [5.41, 5.74) is -7.54. The lowest BCUT2D eigenvalue weighted by Crippen LogP contribution is -2.24. The van der Waals surface area contributed by atoms with Crippen LogP contribution in [0.1, 0.15) is 11.1 Å². The third-order valence-corrected chi connectivity index (χ3v) is 4.65. The van der Waals surface area contributed by atoms with Crippen molar-refractivity contribution in [3.05, 3.63) is 59.7 Å². The molecule has 0 aliphatic rings. The standard InChI is InChI=1S/C17H13F6NOS2/c18-16(19,20)26-13-5-1-11(2-6-13)9-15(25)24-10-12-3-7-14(8-4-12)27-17(21,22)23/h1-8H,9-10H2,(H,24,25). The lowest BCUT2D eigenvalue weighted by atomic mass is 10.1. The van der Waals surface area contributed by atoms with Crippen LogP contribution in [-0.4, -0.2) is 16.9 Å². The first-order valence-corrected chi connectivity index (χ1v) is 9.09. The minimum Gasteiger partial charge on any atom is -0.352 e. The lowest BCUT2D eigenvalue weighted by Gasteiger charge is -2.09. The fourth-order valence-corrected chi connectivity index (χ4v) is 3.15. The van der Waals surface area contributed by atoms with Gasteiger partial charge in [-0.2, -0.15) is 26.3 Å². The lowest BCUT2D eigenvalue weighted by molar-refractivity contribution is -0.120. The Kier molecular flexibility index (Phi) is 7.10. The van der Waals surface area contributed by atoms with Crippen LogP contribution in [0.2, 0.25) is 0 Å². The van der Waals surface area contributed by atoms with Crippen molar-refractivity contribution in [1.82, 2.24) is 5.32 Å². The summed E-state index contributed by atoms with van der Waals surface area (Å²) in [6, 6.07) is 11.1. The molecule has 0 atom stereocenters. The summed E-state index contributed by atoms with van der Waals surface area (Å²) in [6.07, 6.45) is -0.0149. The average molecular weight is 425 g/mol. The maximum absolute atomic E-state index is 12.3. The highest BCUT2D eigenvalue weighted by Gasteiger charge is 2.29. The smallest absolute Gasteiger partial charge is 0.352 e. The first-order valence-electron chi connectivity index (χ1n) is 7.46. The second-order valence-corrected chi connectivity index (χ2v) is 7.61. The second-order valence-electron chi connectivity index (χ2n) is 5.34. The van der Waals surface area contributed by atoms with Crippen molar-refractivity contribution in [3.8, 4) is 0 Å². The summed E-state index contributed by atoms with van der Waals surface area (Å²) < 4.78 is 73.6. The van der Waals surface area contributed by atoms with E-state index in [4.69, 9.17) is 0 Å². The average Bonchev–Trinajstić information content (AvgIpc) is 2.53. The first-order chi connectivity index (χ1) is 12.5. The molecule has 2 aromatic carbocycles. The van der Waals surface area contributed by atoms with E-state index in [0.29, 0.717) is 11.1 Å². The molecule has 27 heavy (non-hydrogen) atoms. The van der Waals surface area contributed by atoms with Crippen LogP contribution in [0.4, 0.5) is 26.3 Å². The summed E-state index contributed by atoms with van der Waals surface area (Å²) in [5, 5.41) is 2.61. The van der Waals surface area contributed by atoms with Crippen molar-refractivity contribution >= 4 is 29.4 Å². The maximum Gasteiger partial charge on any atom is 0.446 e. The van der Waals surface area contributed by atoms with Crippen LogP contribution in [0, 0.1) is 0 Å². The number of rotatable bonds is 6. The zero-order chi connectivity index (χ0) is 20.1. The zero-order valence-electron chi connectivity index (χ0n) is 13.5. The molecule has 10 heteroatoms. The van der Waals surface area contributed by atoms with E-state index in [0.717, 1.165) is 0 Å². The highest BCUT2D eigenvalue weighted by Crippen LogP contribution is 2.37. The van der Waals surface area contributed by atoms with Gasteiger partial charge in [-0.1, -0.05) is 24.3 Å². The minimum atomic E-state index is -4.37. The van der Waals surface area contributed by atoms with Gasteiger partial charge in [0.15, 0.2) is 0 Å². The van der Waals surface area contributed by atoms with Gasteiger partial charge in [0.1, 0.15) is 0 Å². The Balaban J connectivity index is 1.82.